The number of hydrogen-bond acceptors (Lipinski definition) is 0. The molecule has 0 saturated carbocycles. The predicted molar refractivity (Wildman–Crippen MR) is 74.2 cm³/mol. The number of hydrogen-bond donors (Lipinski definition) is 0. The average Bonchev–Trinajstić information content (AvgIpc) is 1.94. The van der Waals surface area contributed by atoms with Gasteiger partial charge in [-0.25, -0.2) is 0 Å². The van der Waals surface area contributed by atoms with Gasteiger partial charge in [-0.05, 0) is 0 Å². The molecule has 3 fully saturated rings. The van der Waals surface area contributed by atoms with Crippen molar-refractivity contribution in [1.29, 1.82) is 0 Å². The predicted octanol–water partition coefficient (Wildman–Crippen LogP) is 4.18. The summed E-state index contributed by atoms with van der Waals surface area (Å²) in [5, 5.41) is 0.970. The van der Waals surface area contributed by atoms with E-state index in [0.717, 1.165) is 9.50 Å². The molecule has 1 aromatic carbocycles. The summed E-state index contributed by atoms with van der Waals surface area (Å²) >= 11 is 9.50. The van der Waals surface area contributed by atoms with Gasteiger partial charge in [0.05, 0.1) is 0 Å². The van der Waals surface area contributed by atoms with Gasteiger partial charge in [-0.2, -0.15) is 0 Å². The number of benzene rings is 1. The molecule has 0 radical (unpaired) electrons. The van der Waals surface area contributed by atoms with Crippen LogP contribution in [0.3, 0.4) is 0 Å². The molecule has 3 heterocycles. The molecular weight excluding hydrogens is 374 g/mol. The minimum atomic E-state index is -0.334. The molecule has 0 amide bonds. The number of aryl methyl sites for hydroxylation is 1. The van der Waals surface area contributed by atoms with Crippen molar-refractivity contribution in [3.8, 4) is 0 Å². The molecule has 3 heteroatoms. The van der Waals surface area contributed by atoms with E-state index >= 15 is 0 Å². The van der Waals surface area contributed by atoms with Gasteiger partial charge >= 0.3 is 106 Å². The van der Waals surface area contributed by atoms with Crippen LogP contribution < -0.4 is 0 Å². The van der Waals surface area contributed by atoms with Crippen LogP contribution in [0, 0.1) is 6.92 Å². The van der Waals surface area contributed by atoms with Crippen LogP contribution in [0.1, 0.15) is 11.1 Å². The van der Waals surface area contributed by atoms with Crippen molar-refractivity contribution in [1.82, 2.24) is 0 Å². The SMILES string of the molecule is Cc1cc(C23CI(C2)C3)c(Cl)cc1Br. The Balaban J connectivity index is 2.09. The molecule has 0 unspecified atom stereocenters. The molecule has 0 aromatic heterocycles. The Morgan fingerprint density at radius 2 is 2.00 bits per heavy atom. The van der Waals surface area contributed by atoms with Crippen LogP contribution in [0.4, 0.5) is 0 Å². The molecule has 0 N–H and O–H groups in total. The zero-order valence-electron chi connectivity index (χ0n) is 7.91. The number of halogens is 3. The van der Waals surface area contributed by atoms with Crippen molar-refractivity contribution in [3.63, 3.8) is 0 Å². The fraction of sp³-hybridized carbons (Fsp3) is 0.455. The van der Waals surface area contributed by atoms with Crippen molar-refractivity contribution < 1.29 is 0 Å². The summed E-state index contributed by atoms with van der Waals surface area (Å²) in [5.74, 6) is 0. The zero-order valence-corrected chi connectivity index (χ0v) is 12.4. The second-order valence-electron chi connectivity index (χ2n) is 4.33. The first-order valence-corrected chi connectivity index (χ1v) is 10.4. The van der Waals surface area contributed by atoms with Gasteiger partial charge < -0.3 is 0 Å². The van der Waals surface area contributed by atoms with E-state index < -0.39 is 0 Å². The molecule has 4 rings (SSSR count). The summed E-state index contributed by atoms with van der Waals surface area (Å²) < 4.78 is 5.71. The van der Waals surface area contributed by atoms with Gasteiger partial charge in [-0.15, -0.1) is 0 Å². The molecule has 1 aromatic rings. The van der Waals surface area contributed by atoms with Gasteiger partial charge in [-0.1, -0.05) is 0 Å². The summed E-state index contributed by atoms with van der Waals surface area (Å²) in [6.07, 6.45) is 0. The fourth-order valence-corrected chi connectivity index (χ4v) is 9.84. The van der Waals surface area contributed by atoms with Crippen molar-refractivity contribution >= 4 is 47.4 Å². The quantitative estimate of drug-likeness (QED) is 0.503. The summed E-state index contributed by atoms with van der Waals surface area (Å²) in [6.45, 7) is 2.15. The minimum absolute atomic E-state index is 0.334. The van der Waals surface area contributed by atoms with Crippen LogP contribution in [0.25, 0.3) is 0 Å². The molecule has 0 nitrogen and oxygen atoms in total. The molecular formula is C11H11BrClI. The Labute approximate surface area is 105 Å². The molecule has 0 atom stereocenters. The van der Waals surface area contributed by atoms with Crippen molar-refractivity contribution in [2.75, 3.05) is 13.3 Å². The van der Waals surface area contributed by atoms with E-state index in [2.05, 4.69) is 35.0 Å². The van der Waals surface area contributed by atoms with Gasteiger partial charge in [0.15, 0.2) is 0 Å². The molecule has 3 aliphatic heterocycles. The van der Waals surface area contributed by atoms with Crippen LogP contribution in [-0.2, 0) is 5.41 Å². The topological polar surface area (TPSA) is 0 Å². The first kappa shape index (κ1) is 9.91. The van der Waals surface area contributed by atoms with Crippen LogP contribution >= 0.6 is 47.4 Å². The van der Waals surface area contributed by atoms with Crippen LogP contribution in [-0.4, -0.2) is 13.3 Å². The van der Waals surface area contributed by atoms with E-state index in [1.54, 1.807) is 0 Å². The molecule has 0 spiro atoms. The monoisotopic (exact) mass is 384 g/mol. The molecule has 3 saturated heterocycles. The Morgan fingerprint density at radius 3 is 2.50 bits per heavy atom. The Bertz CT molecular complexity index is 399. The van der Waals surface area contributed by atoms with E-state index in [9.17, 15) is 0 Å². The summed E-state index contributed by atoms with van der Waals surface area (Å²) in [6, 6.07) is 4.36. The number of rotatable bonds is 1. The zero-order chi connectivity index (χ0) is 9.92. The van der Waals surface area contributed by atoms with Gasteiger partial charge in [0.2, 0.25) is 0 Å². The summed E-state index contributed by atoms with van der Waals surface area (Å²) in [7, 11) is 0. The van der Waals surface area contributed by atoms with E-state index in [4.69, 9.17) is 11.6 Å². The van der Waals surface area contributed by atoms with Gasteiger partial charge in [0.1, 0.15) is 0 Å². The van der Waals surface area contributed by atoms with Crippen molar-refractivity contribution in [2.45, 2.75) is 12.3 Å². The fourth-order valence-electron chi connectivity index (χ4n) is 2.25. The van der Waals surface area contributed by atoms with E-state index in [-0.39, 0.29) is 19.8 Å². The summed E-state index contributed by atoms with van der Waals surface area (Å²) in [5.41, 5.74) is 3.30. The molecule has 0 aliphatic carbocycles. The molecule has 3 aliphatic rings. The second-order valence-corrected chi connectivity index (χ2v) is 11.1. The van der Waals surface area contributed by atoms with E-state index in [1.807, 2.05) is 0 Å². The molecule has 76 valence electrons. The van der Waals surface area contributed by atoms with Crippen LogP contribution in [0.5, 0.6) is 0 Å². The molecule has 14 heavy (non-hydrogen) atoms. The third-order valence-electron chi connectivity index (χ3n) is 3.15. The maximum atomic E-state index is 6.31. The number of alkyl halides is 3. The van der Waals surface area contributed by atoms with Gasteiger partial charge in [0.25, 0.3) is 0 Å². The standard InChI is InChI=1S/C11H11BrClI/c1-7-2-8(10(13)3-9(7)12)11-4-14(5-11)6-11/h2-3H,4-6H2,1H3. The normalized spacial score (nSPS) is 24.1. The molecule has 2 bridgehead atoms. The van der Waals surface area contributed by atoms with Crippen molar-refractivity contribution in [2.24, 2.45) is 0 Å². The Hall–Kier alpha value is 0.720. The average molecular weight is 385 g/mol. The summed E-state index contributed by atoms with van der Waals surface area (Å²) in [4.78, 5) is 0. The third-order valence-corrected chi connectivity index (χ3v) is 11.9. The van der Waals surface area contributed by atoms with Crippen LogP contribution in [0.15, 0.2) is 16.6 Å². The first-order valence-electron chi connectivity index (χ1n) is 4.65. The first-order chi connectivity index (χ1) is 6.61. The van der Waals surface area contributed by atoms with Gasteiger partial charge in [-0.3, -0.25) is 0 Å². The maximum absolute atomic E-state index is 6.31. The van der Waals surface area contributed by atoms with E-state index in [1.165, 1.54) is 24.4 Å². The van der Waals surface area contributed by atoms with Crippen LogP contribution in [0.2, 0.25) is 5.02 Å². The third kappa shape index (κ3) is 1.23. The second kappa shape index (κ2) is 3.11. The Kier molecular flexibility index (Phi) is 2.20. The van der Waals surface area contributed by atoms with Crippen molar-refractivity contribution in [3.05, 3.63) is 32.8 Å². The Morgan fingerprint density at radius 1 is 1.36 bits per heavy atom. The van der Waals surface area contributed by atoms with E-state index in [0.29, 0.717) is 5.41 Å². The van der Waals surface area contributed by atoms with Gasteiger partial charge in [0, 0.05) is 0 Å².